The quantitative estimate of drug-likeness (QED) is 0.322. The molecule has 1 heterocycles. The Bertz CT molecular complexity index is 423. The number of likely N-dealkylation sites (tertiary alicyclic amines) is 1. The van der Waals surface area contributed by atoms with Gasteiger partial charge in [0.05, 0.1) is 12.6 Å². The maximum atomic E-state index is 12.6. The molecule has 0 saturated carbocycles. The first-order valence-corrected chi connectivity index (χ1v) is 12.7. The molecule has 0 bridgehead atoms. The second-order valence-corrected chi connectivity index (χ2v) is 10.6. The molecule has 0 aromatic heterocycles. The van der Waals surface area contributed by atoms with Gasteiger partial charge in [0.2, 0.25) is 5.91 Å². The number of piperidine rings is 1. The molecule has 0 radical (unpaired) electrons. The zero-order valence-electron chi connectivity index (χ0n) is 20.3. The van der Waals surface area contributed by atoms with E-state index in [1.807, 2.05) is 4.90 Å². The van der Waals surface area contributed by atoms with Crippen LogP contribution in [-0.4, -0.2) is 35.1 Å². The molecule has 1 saturated heterocycles. The van der Waals surface area contributed by atoms with Gasteiger partial charge in [-0.05, 0) is 42.9 Å². The van der Waals surface area contributed by atoms with Crippen LogP contribution in [0.4, 0.5) is 0 Å². The fourth-order valence-corrected chi connectivity index (χ4v) is 4.83. The van der Waals surface area contributed by atoms with Gasteiger partial charge in [0.25, 0.3) is 0 Å². The lowest BCUT2D eigenvalue weighted by atomic mass is 9.90. The van der Waals surface area contributed by atoms with Crippen LogP contribution in [0.2, 0.25) is 0 Å². The molecule has 1 amide bonds. The highest BCUT2D eigenvalue weighted by Crippen LogP contribution is 2.24. The van der Waals surface area contributed by atoms with Crippen molar-refractivity contribution in [1.29, 1.82) is 0 Å². The van der Waals surface area contributed by atoms with Gasteiger partial charge in [-0.1, -0.05) is 92.4 Å². The average Bonchev–Trinajstić information content (AvgIpc) is 2.67. The normalized spacial score (nSPS) is 20.7. The number of carbonyl (C=O) groups excluding carboxylic acids is 1. The Kier molecular flexibility index (Phi) is 13.9. The molecule has 3 heteroatoms. The molecular formula is C26H51NO2. The van der Waals surface area contributed by atoms with E-state index in [1.165, 1.54) is 51.4 Å². The van der Waals surface area contributed by atoms with Crippen molar-refractivity contribution in [2.75, 3.05) is 13.2 Å². The lowest BCUT2D eigenvalue weighted by Gasteiger charge is -2.35. The van der Waals surface area contributed by atoms with E-state index in [0.717, 1.165) is 50.0 Å². The molecule has 1 aliphatic rings. The van der Waals surface area contributed by atoms with Crippen LogP contribution in [0.15, 0.2) is 0 Å². The fourth-order valence-electron chi connectivity index (χ4n) is 4.83. The van der Waals surface area contributed by atoms with Crippen LogP contribution in [0.3, 0.4) is 0 Å². The third-order valence-corrected chi connectivity index (χ3v) is 6.95. The van der Waals surface area contributed by atoms with Crippen molar-refractivity contribution in [1.82, 2.24) is 4.90 Å². The molecule has 1 N–H and O–H groups in total. The Hall–Kier alpha value is -0.570. The number of hydrogen-bond donors (Lipinski definition) is 1. The van der Waals surface area contributed by atoms with E-state index in [0.29, 0.717) is 12.3 Å². The Morgan fingerprint density at radius 2 is 1.34 bits per heavy atom. The van der Waals surface area contributed by atoms with Gasteiger partial charge < -0.3 is 10.0 Å². The molecule has 172 valence electrons. The van der Waals surface area contributed by atoms with Crippen molar-refractivity contribution in [2.24, 2.45) is 23.7 Å². The first-order chi connectivity index (χ1) is 13.8. The monoisotopic (exact) mass is 409 g/mol. The van der Waals surface area contributed by atoms with Crippen molar-refractivity contribution in [3.8, 4) is 0 Å². The standard InChI is InChI=1S/C26H51NO2/c1-21(2)11-8-12-22(3)13-9-14-23(4)15-10-16-24(5)19-26(29)27-18-7-6-17-25(27)20-28/h21-25,28H,6-20H2,1-5H3. The Morgan fingerprint density at radius 1 is 0.828 bits per heavy atom. The smallest absolute Gasteiger partial charge is 0.223 e. The molecule has 1 rings (SSSR count). The van der Waals surface area contributed by atoms with E-state index in [-0.39, 0.29) is 18.6 Å². The first-order valence-electron chi connectivity index (χ1n) is 12.7. The molecule has 1 fully saturated rings. The number of aliphatic hydroxyl groups is 1. The predicted octanol–water partition coefficient (Wildman–Crippen LogP) is 6.83. The number of amides is 1. The van der Waals surface area contributed by atoms with Crippen molar-refractivity contribution >= 4 is 5.91 Å². The van der Waals surface area contributed by atoms with Gasteiger partial charge in [0, 0.05) is 13.0 Å². The van der Waals surface area contributed by atoms with E-state index in [4.69, 9.17) is 0 Å². The van der Waals surface area contributed by atoms with Gasteiger partial charge in [-0.25, -0.2) is 0 Å². The van der Waals surface area contributed by atoms with Crippen molar-refractivity contribution < 1.29 is 9.90 Å². The van der Waals surface area contributed by atoms with Crippen molar-refractivity contribution in [3.05, 3.63) is 0 Å². The van der Waals surface area contributed by atoms with E-state index in [1.54, 1.807) is 0 Å². The Balaban J connectivity index is 2.10. The highest BCUT2D eigenvalue weighted by molar-refractivity contribution is 5.76. The lowest BCUT2D eigenvalue weighted by Crippen LogP contribution is -2.46. The minimum absolute atomic E-state index is 0.0660. The summed E-state index contributed by atoms with van der Waals surface area (Å²) in [4.78, 5) is 14.6. The van der Waals surface area contributed by atoms with Crippen molar-refractivity contribution in [3.63, 3.8) is 0 Å². The van der Waals surface area contributed by atoms with E-state index >= 15 is 0 Å². The number of aliphatic hydroxyl groups excluding tert-OH is 1. The molecule has 29 heavy (non-hydrogen) atoms. The van der Waals surface area contributed by atoms with Crippen LogP contribution < -0.4 is 0 Å². The summed E-state index contributed by atoms with van der Waals surface area (Å²) in [5.41, 5.74) is 0. The minimum atomic E-state index is 0.0660. The number of hydrogen-bond acceptors (Lipinski definition) is 2. The molecule has 0 aromatic rings. The van der Waals surface area contributed by atoms with Crippen LogP contribution >= 0.6 is 0 Å². The van der Waals surface area contributed by atoms with E-state index in [2.05, 4.69) is 34.6 Å². The van der Waals surface area contributed by atoms with Crippen LogP contribution in [-0.2, 0) is 4.79 Å². The van der Waals surface area contributed by atoms with Crippen LogP contribution in [0, 0.1) is 23.7 Å². The molecule has 0 spiro atoms. The molecule has 1 aliphatic heterocycles. The molecule has 3 nitrogen and oxygen atoms in total. The summed E-state index contributed by atoms with van der Waals surface area (Å²) >= 11 is 0. The van der Waals surface area contributed by atoms with Crippen molar-refractivity contribution in [2.45, 2.75) is 124 Å². The van der Waals surface area contributed by atoms with Crippen LogP contribution in [0.1, 0.15) is 118 Å². The maximum absolute atomic E-state index is 12.6. The lowest BCUT2D eigenvalue weighted by molar-refractivity contribution is -0.136. The zero-order chi connectivity index (χ0) is 21.6. The number of nitrogens with zero attached hydrogens (tertiary/aromatic N) is 1. The highest BCUT2D eigenvalue weighted by atomic mass is 16.3. The fraction of sp³-hybridized carbons (Fsp3) is 0.962. The second kappa shape index (κ2) is 15.3. The molecule has 4 unspecified atom stereocenters. The number of rotatable bonds is 15. The molecule has 0 aliphatic carbocycles. The molecule has 0 aromatic carbocycles. The zero-order valence-corrected chi connectivity index (χ0v) is 20.3. The van der Waals surface area contributed by atoms with E-state index < -0.39 is 0 Å². The largest absolute Gasteiger partial charge is 0.394 e. The Morgan fingerprint density at radius 3 is 1.86 bits per heavy atom. The summed E-state index contributed by atoms with van der Waals surface area (Å²) in [6.07, 6.45) is 15.8. The summed E-state index contributed by atoms with van der Waals surface area (Å²) < 4.78 is 0. The van der Waals surface area contributed by atoms with Crippen LogP contribution in [0.25, 0.3) is 0 Å². The van der Waals surface area contributed by atoms with Gasteiger partial charge in [0.1, 0.15) is 0 Å². The van der Waals surface area contributed by atoms with E-state index in [9.17, 15) is 9.90 Å². The van der Waals surface area contributed by atoms with Gasteiger partial charge in [0.15, 0.2) is 0 Å². The topological polar surface area (TPSA) is 40.5 Å². The van der Waals surface area contributed by atoms with Gasteiger partial charge in [-0.15, -0.1) is 0 Å². The summed E-state index contributed by atoms with van der Waals surface area (Å²) in [6, 6.07) is 0.0660. The second-order valence-electron chi connectivity index (χ2n) is 10.6. The number of carbonyl (C=O) groups is 1. The predicted molar refractivity (Wildman–Crippen MR) is 125 cm³/mol. The average molecular weight is 410 g/mol. The molecular weight excluding hydrogens is 358 g/mol. The third-order valence-electron chi connectivity index (χ3n) is 6.95. The summed E-state index contributed by atoms with van der Waals surface area (Å²) in [6.45, 7) is 12.6. The highest BCUT2D eigenvalue weighted by Gasteiger charge is 2.26. The van der Waals surface area contributed by atoms with Gasteiger partial charge >= 0.3 is 0 Å². The van der Waals surface area contributed by atoms with Crippen LogP contribution in [0.5, 0.6) is 0 Å². The first kappa shape index (κ1) is 26.5. The summed E-state index contributed by atoms with van der Waals surface area (Å²) in [7, 11) is 0. The third kappa shape index (κ3) is 12.0. The maximum Gasteiger partial charge on any atom is 0.223 e. The summed E-state index contributed by atoms with van der Waals surface area (Å²) in [5.74, 6) is 3.25. The Labute approximate surface area is 182 Å². The minimum Gasteiger partial charge on any atom is -0.394 e. The molecule has 4 atom stereocenters. The summed E-state index contributed by atoms with van der Waals surface area (Å²) in [5, 5.41) is 9.52. The van der Waals surface area contributed by atoms with Gasteiger partial charge in [-0.3, -0.25) is 4.79 Å². The van der Waals surface area contributed by atoms with Gasteiger partial charge in [-0.2, -0.15) is 0 Å². The SMILES string of the molecule is CC(C)CCCC(C)CCCC(C)CCCC(C)CC(=O)N1CCCCC1CO.